The van der Waals surface area contributed by atoms with Crippen LogP contribution in [0.1, 0.15) is 39.2 Å². The molecule has 0 aliphatic carbocycles. The molecule has 0 amide bonds. The summed E-state index contributed by atoms with van der Waals surface area (Å²) >= 11 is 0. The first-order valence-electron chi connectivity index (χ1n) is 7.70. The Morgan fingerprint density at radius 1 is 1.47 bits per heavy atom. The third kappa shape index (κ3) is 4.05. The molecule has 19 heavy (non-hydrogen) atoms. The van der Waals surface area contributed by atoms with Gasteiger partial charge in [0, 0.05) is 37.4 Å². The molecule has 0 aromatic carbocycles. The van der Waals surface area contributed by atoms with Gasteiger partial charge in [-0.05, 0) is 45.7 Å². The van der Waals surface area contributed by atoms with Crippen LogP contribution in [0.2, 0.25) is 0 Å². The Bertz CT molecular complexity index is 374. The molecule has 2 atom stereocenters. The molecule has 0 saturated carbocycles. The number of aromatic nitrogens is 2. The minimum absolute atomic E-state index is 0.631. The Morgan fingerprint density at radius 3 is 3.00 bits per heavy atom. The first-order chi connectivity index (χ1) is 9.22. The first kappa shape index (κ1) is 14.5. The van der Waals surface area contributed by atoms with E-state index in [4.69, 9.17) is 0 Å². The fraction of sp³-hybridized carbons (Fsp3) is 0.800. The van der Waals surface area contributed by atoms with E-state index in [-0.39, 0.29) is 0 Å². The summed E-state index contributed by atoms with van der Waals surface area (Å²) in [5.74, 6) is 0.787. The maximum absolute atomic E-state index is 4.36. The fourth-order valence-electron chi connectivity index (χ4n) is 3.05. The molecule has 4 heteroatoms. The van der Waals surface area contributed by atoms with Crippen molar-refractivity contribution in [2.45, 2.75) is 52.7 Å². The molecule has 2 rings (SSSR count). The first-order valence-corrected chi connectivity index (χ1v) is 7.70. The predicted molar refractivity (Wildman–Crippen MR) is 79.0 cm³/mol. The second kappa shape index (κ2) is 7.06. The lowest BCUT2D eigenvalue weighted by Crippen LogP contribution is -2.44. The molecule has 0 spiro atoms. The van der Waals surface area contributed by atoms with Gasteiger partial charge in [0.05, 0.1) is 6.20 Å². The number of aryl methyl sites for hydroxylation is 1. The molecule has 0 bridgehead atoms. The third-order valence-corrected chi connectivity index (χ3v) is 4.19. The molecule has 4 nitrogen and oxygen atoms in total. The maximum Gasteiger partial charge on any atom is 0.0534 e. The van der Waals surface area contributed by atoms with Gasteiger partial charge in [-0.15, -0.1) is 0 Å². The summed E-state index contributed by atoms with van der Waals surface area (Å²) in [6.45, 7) is 12.2. The number of hydrogen-bond acceptors (Lipinski definition) is 3. The monoisotopic (exact) mass is 264 g/mol. The number of likely N-dealkylation sites (tertiary alicyclic amines) is 1. The fourth-order valence-corrected chi connectivity index (χ4v) is 3.05. The van der Waals surface area contributed by atoms with Crippen LogP contribution >= 0.6 is 0 Å². The van der Waals surface area contributed by atoms with Crippen molar-refractivity contribution in [3.63, 3.8) is 0 Å². The van der Waals surface area contributed by atoms with E-state index in [9.17, 15) is 0 Å². The summed E-state index contributed by atoms with van der Waals surface area (Å²) in [6.07, 6.45) is 6.87. The average Bonchev–Trinajstić information content (AvgIpc) is 2.87. The third-order valence-electron chi connectivity index (χ3n) is 4.19. The van der Waals surface area contributed by atoms with Crippen molar-refractivity contribution in [3.05, 3.63) is 18.0 Å². The summed E-state index contributed by atoms with van der Waals surface area (Å²) in [7, 11) is 0. The highest BCUT2D eigenvalue weighted by atomic mass is 15.3. The minimum Gasteiger partial charge on any atom is -0.314 e. The molecular formula is C15H28N4. The lowest BCUT2D eigenvalue weighted by molar-refractivity contribution is 0.145. The van der Waals surface area contributed by atoms with Gasteiger partial charge in [-0.3, -0.25) is 9.58 Å². The van der Waals surface area contributed by atoms with Crippen LogP contribution in [-0.2, 0) is 13.1 Å². The van der Waals surface area contributed by atoms with Gasteiger partial charge < -0.3 is 5.32 Å². The second-order valence-corrected chi connectivity index (χ2v) is 5.69. The van der Waals surface area contributed by atoms with Crippen molar-refractivity contribution in [1.82, 2.24) is 20.0 Å². The number of piperidine rings is 1. The zero-order valence-corrected chi connectivity index (χ0v) is 12.6. The van der Waals surface area contributed by atoms with Crippen LogP contribution in [0.4, 0.5) is 0 Å². The lowest BCUT2D eigenvalue weighted by atomic mass is 9.91. The van der Waals surface area contributed by atoms with Crippen LogP contribution in [0.5, 0.6) is 0 Å². The molecular weight excluding hydrogens is 236 g/mol. The highest BCUT2D eigenvalue weighted by molar-refractivity contribution is 5.04. The number of rotatable bonds is 6. The Kier molecular flexibility index (Phi) is 5.40. The Balaban J connectivity index is 1.86. The van der Waals surface area contributed by atoms with Gasteiger partial charge in [0.15, 0.2) is 0 Å². The van der Waals surface area contributed by atoms with Crippen LogP contribution < -0.4 is 5.32 Å². The van der Waals surface area contributed by atoms with Gasteiger partial charge in [0.2, 0.25) is 0 Å². The molecule has 1 saturated heterocycles. The number of hydrogen-bond donors (Lipinski definition) is 1. The topological polar surface area (TPSA) is 33.1 Å². The Hall–Kier alpha value is -0.870. The number of nitrogens with zero attached hydrogens (tertiary/aromatic N) is 3. The molecule has 108 valence electrons. The standard InChI is InChI=1S/C15H28N4/c1-4-16-13(3)15-7-6-8-18(12-15)10-14-9-17-19(5-2)11-14/h9,11,13,15-16H,4-8,10,12H2,1-3H3. The van der Waals surface area contributed by atoms with Crippen LogP contribution in [-0.4, -0.2) is 40.4 Å². The summed E-state index contributed by atoms with van der Waals surface area (Å²) in [6, 6.07) is 0.631. The van der Waals surface area contributed by atoms with Crippen molar-refractivity contribution < 1.29 is 0 Å². The minimum atomic E-state index is 0.631. The molecule has 2 unspecified atom stereocenters. The van der Waals surface area contributed by atoms with Crippen LogP contribution in [0, 0.1) is 5.92 Å². The predicted octanol–water partition coefficient (Wildman–Crippen LogP) is 2.11. The Labute approximate surface area is 117 Å². The smallest absolute Gasteiger partial charge is 0.0534 e. The summed E-state index contributed by atoms with van der Waals surface area (Å²) in [4.78, 5) is 2.58. The van der Waals surface area contributed by atoms with E-state index in [0.29, 0.717) is 6.04 Å². The van der Waals surface area contributed by atoms with Crippen molar-refractivity contribution in [3.8, 4) is 0 Å². The van der Waals surface area contributed by atoms with Gasteiger partial charge in [-0.25, -0.2) is 0 Å². The second-order valence-electron chi connectivity index (χ2n) is 5.69. The SMILES string of the molecule is CCNC(C)C1CCCN(Cc2cnn(CC)c2)C1. The quantitative estimate of drug-likeness (QED) is 0.854. The molecule has 1 N–H and O–H groups in total. The largest absolute Gasteiger partial charge is 0.314 e. The lowest BCUT2D eigenvalue weighted by Gasteiger charge is -2.35. The molecule has 1 fully saturated rings. The molecule has 0 radical (unpaired) electrons. The zero-order chi connectivity index (χ0) is 13.7. The number of nitrogens with one attached hydrogen (secondary N) is 1. The molecule has 1 aromatic rings. The van der Waals surface area contributed by atoms with E-state index in [1.807, 2.05) is 10.9 Å². The Morgan fingerprint density at radius 2 is 2.32 bits per heavy atom. The molecule has 2 heterocycles. The van der Waals surface area contributed by atoms with Crippen LogP contribution in [0.25, 0.3) is 0 Å². The van der Waals surface area contributed by atoms with Gasteiger partial charge in [0.25, 0.3) is 0 Å². The highest BCUT2D eigenvalue weighted by Gasteiger charge is 2.24. The molecule has 1 aromatic heterocycles. The van der Waals surface area contributed by atoms with Gasteiger partial charge in [-0.1, -0.05) is 6.92 Å². The maximum atomic E-state index is 4.36. The zero-order valence-electron chi connectivity index (χ0n) is 12.6. The van der Waals surface area contributed by atoms with E-state index in [2.05, 4.69) is 42.3 Å². The van der Waals surface area contributed by atoms with Gasteiger partial charge >= 0.3 is 0 Å². The summed E-state index contributed by atoms with van der Waals surface area (Å²) in [5.41, 5.74) is 1.35. The van der Waals surface area contributed by atoms with Crippen LogP contribution in [0.3, 0.4) is 0 Å². The van der Waals surface area contributed by atoms with E-state index < -0.39 is 0 Å². The highest BCUT2D eigenvalue weighted by Crippen LogP contribution is 2.21. The van der Waals surface area contributed by atoms with Crippen molar-refractivity contribution >= 4 is 0 Å². The van der Waals surface area contributed by atoms with E-state index in [1.165, 1.54) is 31.5 Å². The van der Waals surface area contributed by atoms with Crippen molar-refractivity contribution in [1.29, 1.82) is 0 Å². The normalized spacial score (nSPS) is 22.6. The summed E-state index contributed by atoms with van der Waals surface area (Å²) < 4.78 is 2.01. The summed E-state index contributed by atoms with van der Waals surface area (Å²) in [5, 5.41) is 7.93. The van der Waals surface area contributed by atoms with Crippen molar-refractivity contribution in [2.75, 3.05) is 19.6 Å². The van der Waals surface area contributed by atoms with Crippen LogP contribution in [0.15, 0.2) is 12.4 Å². The molecule has 1 aliphatic heterocycles. The van der Waals surface area contributed by atoms with E-state index in [0.717, 1.165) is 25.6 Å². The van der Waals surface area contributed by atoms with Gasteiger partial charge in [-0.2, -0.15) is 5.10 Å². The average molecular weight is 264 g/mol. The van der Waals surface area contributed by atoms with Crippen molar-refractivity contribution in [2.24, 2.45) is 5.92 Å². The van der Waals surface area contributed by atoms with Gasteiger partial charge in [0.1, 0.15) is 0 Å². The molecule has 1 aliphatic rings. The van der Waals surface area contributed by atoms with E-state index >= 15 is 0 Å². The van der Waals surface area contributed by atoms with E-state index in [1.54, 1.807) is 0 Å².